The summed E-state index contributed by atoms with van der Waals surface area (Å²) in [5, 5.41) is 7.05. The van der Waals surface area contributed by atoms with Crippen LogP contribution in [0.25, 0.3) is 0 Å². The van der Waals surface area contributed by atoms with Crippen LogP contribution in [0.4, 0.5) is 16.2 Å². The minimum absolute atomic E-state index is 0.345. The number of ether oxygens (including phenoxy) is 1. The van der Waals surface area contributed by atoms with Crippen LogP contribution >= 0.6 is 46.4 Å². The van der Waals surface area contributed by atoms with Crippen LogP contribution in [0, 0.1) is 0 Å². The molecule has 138 valence electrons. The van der Waals surface area contributed by atoms with Gasteiger partial charge >= 0.3 is 6.03 Å². The maximum atomic E-state index is 12.1. The third kappa shape index (κ3) is 5.44. The summed E-state index contributed by atoms with van der Waals surface area (Å²) in [5.74, 6) is 1.05. The lowest BCUT2D eigenvalue weighted by molar-refractivity contribution is 0.262. The third-order valence-electron chi connectivity index (χ3n) is 3.41. The Hall–Kier alpha value is -2.11. The van der Waals surface area contributed by atoms with E-state index in [1.807, 2.05) is 0 Å². The molecule has 0 bridgehead atoms. The minimum Gasteiger partial charge on any atom is -0.456 e. The fourth-order valence-corrected chi connectivity index (χ4v) is 2.80. The molecule has 0 heterocycles. The second-order valence-corrected chi connectivity index (χ2v) is 7.07. The van der Waals surface area contributed by atoms with E-state index in [0.29, 0.717) is 43.0 Å². The first-order valence-corrected chi connectivity index (χ1v) is 9.18. The molecule has 0 saturated carbocycles. The molecule has 0 aromatic heterocycles. The highest BCUT2D eigenvalue weighted by Gasteiger charge is 2.08. The van der Waals surface area contributed by atoms with Crippen LogP contribution in [0.15, 0.2) is 60.7 Å². The van der Waals surface area contributed by atoms with Crippen molar-refractivity contribution in [3.63, 3.8) is 0 Å². The Balaban J connectivity index is 1.65. The molecule has 0 atom stereocenters. The first-order chi connectivity index (χ1) is 12.9. The average molecular weight is 442 g/mol. The van der Waals surface area contributed by atoms with Crippen molar-refractivity contribution < 1.29 is 9.53 Å². The number of rotatable bonds is 4. The van der Waals surface area contributed by atoms with E-state index < -0.39 is 6.03 Å². The first-order valence-electron chi connectivity index (χ1n) is 7.67. The largest absolute Gasteiger partial charge is 0.456 e. The predicted molar refractivity (Wildman–Crippen MR) is 112 cm³/mol. The van der Waals surface area contributed by atoms with E-state index in [-0.39, 0.29) is 0 Å². The molecule has 0 radical (unpaired) electrons. The summed E-state index contributed by atoms with van der Waals surface area (Å²) in [6.45, 7) is 0. The second kappa shape index (κ2) is 8.72. The van der Waals surface area contributed by atoms with Gasteiger partial charge in [0.25, 0.3) is 0 Å². The number of carbonyl (C=O) groups is 1. The molecule has 3 aromatic rings. The van der Waals surface area contributed by atoms with Crippen molar-refractivity contribution in [2.24, 2.45) is 0 Å². The fourth-order valence-electron chi connectivity index (χ4n) is 2.16. The Morgan fingerprint density at radius 2 is 1.30 bits per heavy atom. The molecule has 0 aliphatic heterocycles. The lowest BCUT2D eigenvalue weighted by Crippen LogP contribution is -2.19. The molecule has 8 heteroatoms. The second-order valence-electron chi connectivity index (χ2n) is 5.41. The number of halogens is 4. The molecule has 3 rings (SSSR count). The van der Waals surface area contributed by atoms with Gasteiger partial charge in [-0.3, -0.25) is 0 Å². The van der Waals surface area contributed by atoms with Crippen molar-refractivity contribution in [3.05, 3.63) is 80.8 Å². The summed E-state index contributed by atoms with van der Waals surface area (Å²) in [5.41, 5.74) is 1.01. The van der Waals surface area contributed by atoms with E-state index in [2.05, 4.69) is 10.6 Å². The molecule has 0 aliphatic rings. The number of hydrogen-bond donors (Lipinski definition) is 2. The molecule has 0 fully saturated rings. The van der Waals surface area contributed by atoms with E-state index in [1.165, 1.54) is 0 Å². The van der Waals surface area contributed by atoms with Crippen molar-refractivity contribution in [2.45, 2.75) is 0 Å². The molecule has 0 spiro atoms. The molecule has 0 saturated heterocycles. The molecule has 4 nitrogen and oxygen atoms in total. The van der Waals surface area contributed by atoms with Gasteiger partial charge < -0.3 is 15.4 Å². The Morgan fingerprint density at radius 3 is 1.89 bits per heavy atom. The van der Waals surface area contributed by atoms with Crippen molar-refractivity contribution in [1.29, 1.82) is 0 Å². The molecular formula is C19H12Cl4N2O2. The zero-order valence-electron chi connectivity index (χ0n) is 13.6. The van der Waals surface area contributed by atoms with Gasteiger partial charge in [-0.2, -0.15) is 0 Å². The summed E-state index contributed by atoms with van der Waals surface area (Å²) in [6, 6.07) is 16.2. The van der Waals surface area contributed by atoms with Gasteiger partial charge in [-0.05, 0) is 60.7 Å². The fraction of sp³-hybridized carbons (Fsp3) is 0. The summed E-state index contributed by atoms with van der Waals surface area (Å²) in [7, 11) is 0. The SMILES string of the molecule is O=C(Nc1ccc(Cl)c(Cl)c1)Nc1ccc(Oc2ccc(Cl)cc2)c(Cl)c1. The van der Waals surface area contributed by atoms with Crippen LogP contribution in [0.1, 0.15) is 0 Å². The summed E-state index contributed by atoms with van der Waals surface area (Å²) in [6.07, 6.45) is 0. The summed E-state index contributed by atoms with van der Waals surface area (Å²) in [4.78, 5) is 12.1. The molecule has 3 aromatic carbocycles. The molecule has 27 heavy (non-hydrogen) atoms. The minimum atomic E-state index is -0.448. The predicted octanol–water partition coefficient (Wildman–Crippen LogP) is 7.74. The number of benzene rings is 3. The van der Waals surface area contributed by atoms with Gasteiger partial charge in [0, 0.05) is 16.4 Å². The average Bonchev–Trinajstić information content (AvgIpc) is 2.62. The normalized spacial score (nSPS) is 10.4. The molecule has 0 aliphatic carbocycles. The quantitative estimate of drug-likeness (QED) is 0.435. The highest BCUT2D eigenvalue weighted by molar-refractivity contribution is 6.42. The maximum Gasteiger partial charge on any atom is 0.323 e. The van der Waals surface area contributed by atoms with Gasteiger partial charge in [0.15, 0.2) is 0 Å². The first kappa shape index (κ1) is 19.6. The van der Waals surface area contributed by atoms with Gasteiger partial charge in [0.05, 0.1) is 15.1 Å². The number of hydrogen-bond acceptors (Lipinski definition) is 2. The van der Waals surface area contributed by atoms with Crippen molar-refractivity contribution >= 4 is 63.8 Å². The zero-order valence-corrected chi connectivity index (χ0v) is 16.6. The Labute approximate surface area is 175 Å². The van der Waals surface area contributed by atoms with Crippen LogP contribution in [0.2, 0.25) is 20.1 Å². The number of carbonyl (C=O) groups excluding carboxylic acids is 1. The van der Waals surface area contributed by atoms with Crippen molar-refractivity contribution in [3.8, 4) is 11.5 Å². The molecular weight excluding hydrogens is 430 g/mol. The Bertz CT molecular complexity index is 978. The number of nitrogens with one attached hydrogen (secondary N) is 2. The highest BCUT2D eigenvalue weighted by atomic mass is 35.5. The van der Waals surface area contributed by atoms with E-state index >= 15 is 0 Å². The van der Waals surface area contributed by atoms with Crippen LogP contribution in [0.3, 0.4) is 0 Å². The van der Waals surface area contributed by atoms with Gasteiger partial charge in [-0.25, -0.2) is 4.79 Å². The van der Waals surface area contributed by atoms with Gasteiger partial charge in [0.2, 0.25) is 0 Å². The van der Waals surface area contributed by atoms with Gasteiger partial charge in [-0.1, -0.05) is 46.4 Å². The molecule has 2 amide bonds. The van der Waals surface area contributed by atoms with Crippen LogP contribution in [-0.2, 0) is 0 Å². The lowest BCUT2D eigenvalue weighted by Gasteiger charge is -2.11. The lowest BCUT2D eigenvalue weighted by atomic mass is 10.3. The maximum absolute atomic E-state index is 12.1. The number of urea groups is 1. The number of amides is 2. The van der Waals surface area contributed by atoms with E-state index in [9.17, 15) is 4.79 Å². The third-order valence-corrected chi connectivity index (χ3v) is 4.70. The van der Waals surface area contributed by atoms with Gasteiger partial charge in [-0.15, -0.1) is 0 Å². The van der Waals surface area contributed by atoms with Crippen molar-refractivity contribution in [1.82, 2.24) is 0 Å². The summed E-state index contributed by atoms with van der Waals surface area (Å²) >= 11 is 23.9. The topological polar surface area (TPSA) is 50.4 Å². The van der Waals surface area contributed by atoms with E-state index in [1.54, 1.807) is 60.7 Å². The monoisotopic (exact) mass is 440 g/mol. The van der Waals surface area contributed by atoms with Crippen LogP contribution in [-0.4, -0.2) is 6.03 Å². The Morgan fingerprint density at radius 1 is 0.704 bits per heavy atom. The van der Waals surface area contributed by atoms with E-state index in [0.717, 1.165) is 0 Å². The van der Waals surface area contributed by atoms with Crippen molar-refractivity contribution in [2.75, 3.05) is 10.6 Å². The smallest absolute Gasteiger partial charge is 0.323 e. The van der Waals surface area contributed by atoms with Gasteiger partial charge in [0.1, 0.15) is 11.5 Å². The number of anilines is 2. The molecule has 0 unspecified atom stereocenters. The zero-order chi connectivity index (χ0) is 19.4. The molecule has 2 N–H and O–H groups in total. The van der Waals surface area contributed by atoms with Crippen LogP contribution in [0.5, 0.6) is 11.5 Å². The highest BCUT2D eigenvalue weighted by Crippen LogP contribution is 2.32. The van der Waals surface area contributed by atoms with Crippen LogP contribution < -0.4 is 15.4 Å². The standard InChI is InChI=1S/C19H12Cl4N2O2/c20-11-1-5-14(6-2-11)27-18-8-4-13(10-17(18)23)25-19(26)24-12-3-7-15(21)16(22)9-12/h1-10H,(H2,24,25,26). The Kier molecular flexibility index (Phi) is 6.34. The summed E-state index contributed by atoms with van der Waals surface area (Å²) < 4.78 is 5.70. The van der Waals surface area contributed by atoms with E-state index in [4.69, 9.17) is 51.1 Å².